The molecule has 1 N–H and O–H groups in total. The summed E-state index contributed by atoms with van der Waals surface area (Å²) in [6.45, 7) is 7.17. The Morgan fingerprint density at radius 2 is 2.05 bits per heavy atom. The SMILES string of the molecule is CCCNc1nc(CC)nc(-c2nccn2C)c1C. The van der Waals surface area contributed by atoms with E-state index >= 15 is 0 Å². The number of nitrogens with zero attached hydrogens (tertiary/aromatic N) is 4. The van der Waals surface area contributed by atoms with Crippen LogP contribution < -0.4 is 5.32 Å². The minimum absolute atomic E-state index is 0.818. The summed E-state index contributed by atoms with van der Waals surface area (Å²) < 4.78 is 1.98. The van der Waals surface area contributed by atoms with Crippen LogP contribution in [0.2, 0.25) is 0 Å². The first-order chi connectivity index (χ1) is 9.17. The lowest BCUT2D eigenvalue weighted by atomic mass is 10.2. The van der Waals surface area contributed by atoms with E-state index in [1.54, 1.807) is 6.20 Å². The number of imidazole rings is 1. The van der Waals surface area contributed by atoms with Crippen LogP contribution in [-0.4, -0.2) is 26.1 Å². The number of nitrogens with one attached hydrogen (secondary N) is 1. The predicted molar refractivity (Wildman–Crippen MR) is 77.1 cm³/mol. The first-order valence-electron chi connectivity index (χ1n) is 6.76. The topological polar surface area (TPSA) is 55.6 Å². The molecule has 0 saturated heterocycles. The lowest BCUT2D eigenvalue weighted by Gasteiger charge is -2.13. The van der Waals surface area contributed by atoms with E-state index in [1.165, 1.54) is 0 Å². The highest BCUT2D eigenvalue weighted by atomic mass is 15.1. The van der Waals surface area contributed by atoms with Gasteiger partial charge in [0.05, 0.1) is 0 Å². The number of anilines is 1. The highest BCUT2D eigenvalue weighted by Gasteiger charge is 2.14. The van der Waals surface area contributed by atoms with Gasteiger partial charge in [-0.05, 0) is 13.3 Å². The van der Waals surface area contributed by atoms with Gasteiger partial charge in [0, 0.05) is 38.0 Å². The highest BCUT2D eigenvalue weighted by molar-refractivity contribution is 5.63. The van der Waals surface area contributed by atoms with Crippen LogP contribution in [-0.2, 0) is 13.5 Å². The molecule has 2 heterocycles. The van der Waals surface area contributed by atoms with Crippen molar-refractivity contribution >= 4 is 5.82 Å². The largest absolute Gasteiger partial charge is 0.370 e. The molecule has 0 aliphatic carbocycles. The van der Waals surface area contributed by atoms with E-state index in [9.17, 15) is 0 Å². The Bertz CT molecular complexity index is 559. The van der Waals surface area contributed by atoms with E-state index in [1.807, 2.05) is 24.7 Å². The molecule has 0 amide bonds. The van der Waals surface area contributed by atoms with Gasteiger partial charge in [0.1, 0.15) is 17.3 Å². The lowest BCUT2D eigenvalue weighted by Crippen LogP contribution is -2.10. The summed E-state index contributed by atoms with van der Waals surface area (Å²) in [6, 6.07) is 0. The van der Waals surface area contributed by atoms with Gasteiger partial charge < -0.3 is 9.88 Å². The predicted octanol–water partition coefficient (Wildman–Crippen LogP) is 2.57. The van der Waals surface area contributed by atoms with Gasteiger partial charge in [-0.25, -0.2) is 15.0 Å². The molecular weight excluding hydrogens is 238 g/mol. The first kappa shape index (κ1) is 13.5. The average Bonchev–Trinajstić information content (AvgIpc) is 2.84. The molecule has 0 bridgehead atoms. The summed E-state index contributed by atoms with van der Waals surface area (Å²) >= 11 is 0. The number of hydrogen-bond donors (Lipinski definition) is 1. The molecule has 0 atom stereocenters. The maximum absolute atomic E-state index is 4.63. The third-order valence-corrected chi connectivity index (χ3v) is 3.08. The van der Waals surface area contributed by atoms with E-state index in [2.05, 4.69) is 34.1 Å². The molecule has 0 saturated carbocycles. The Hall–Kier alpha value is -1.91. The molecular formula is C14H21N5. The smallest absolute Gasteiger partial charge is 0.158 e. The number of rotatable bonds is 5. The minimum atomic E-state index is 0.818. The fourth-order valence-electron chi connectivity index (χ4n) is 1.95. The molecule has 19 heavy (non-hydrogen) atoms. The van der Waals surface area contributed by atoms with Crippen molar-refractivity contribution in [1.29, 1.82) is 0 Å². The molecule has 0 aliphatic heterocycles. The number of aromatic nitrogens is 4. The third-order valence-electron chi connectivity index (χ3n) is 3.08. The van der Waals surface area contributed by atoms with Crippen LogP contribution >= 0.6 is 0 Å². The first-order valence-corrected chi connectivity index (χ1v) is 6.76. The normalized spacial score (nSPS) is 10.7. The van der Waals surface area contributed by atoms with Crippen molar-refractivity contribution in [2.24, 2.45) is 7.05 Å². The van der Waals surface area contributed by atoms with Gasteiger partial charge in [-0.3, -0.25) is 0 Å². The van der Waals surface area contributed by atoms with Crippen LogP contribution in [0.5, 0.6) is 0 Å². The Morgan fingerprint density at radius 3 is 2.63 bits per heavy atom. The van der Waals surface area contributed by atoms with Gasteiger partial charge in [-0.15, -0.1) is 0 Å². The Morgan fingerprint density at radius 1 is 1.26 bits per heavy atom. The minimum Gasteiger partial charge on any atom is -0.370 e. The van der Waals surface area contributed by atoms with Crippen LogP contribution in [0.1, 0.15) is 31.7 Å². The van der Waals surface area contributed by atoms with Crippen LogP contribution in [0.4, 0.5) is 5.82 Å². The van der Waals surface area contributed by atoms with Gasteiger partial charge in [0.2, 0.25) is 0 Å². The van der Waals surface area contributed by atoms with Crippen molar-refractivity contribution in [2.45, 2.75) is 33.6 Å². The van der Waals surface area contributed by atoms with Gasteiger partial charge in [0.15, 0.2) is 5.82 Å². The fraction of sp³-hybridized carbons (Fsp3) is 0.500. The Labute approximate surface area is 114 Å². The summed E-state index contributed by atoms with van der Waals surface area (Å²) in [6.07, 6.45) is 5.62. The zero-order valence-corrected chi connectivity index (χ0v) is 12.1. The van der Waals surface area contributed by atoms with Crippen molar-refractivity contribution in [2.75, 3.05) is 11.9 Å². The van der Waals surface area contributed by atoms with Gasteiger partial charge in [0.25, 0.3) is 0 Å². The maximum Gasteiger partial charge on any atom is 0.158 e. The van der Waals surface area contributed by atoms with Crippen LogP contribution in [0.3, 0.4) is 0 Å². The molecule has 102 valence electrons. The quantitative estimate of drug-likeness (QED) is 0.896. The van der Waals surface area contributed by atoms with Gasteiger partial charge in [-0.1, -0.05) is 13.8 Å². The number of aryl methyl sites for hydroxylation is 2. The molecule has 2 aromatic heterocycles. The summed E-state index contributed by atoms with van der Waals surface area (Å²) in [5.41, 5.74) is 1.97. The van der Waals surface area contributed by atoms with Crippen molar-refractivity contribution < 1.29 is 0 Å². The number of hydrogen-bond acceptors (Lipinski definition) is 4. The van der Waals surface area contributed by atoms with Crippen molar-refractivity contribution in [3.8, 4) is 11.5 Å². The zero-order chi connectivity index (χ0) is 13.8. The Balaban J connectivity index is 2.50. The lowest BCUT2D eigenvalue weighted by molar-refractivity contribution is 0.880. The second kappa shape index (κ2) is 5.82. The molecule has 0 radical (unpaired) electrons. The van der Waals surface area contributed by atoms with E-state index in [4.69, 9.17) is 0 Å². The third kappa shape index (κ3) is 2.75. The van der Waals surface area contributed by atoms with E-state index in [-0.39, 0.29) is 0 Å². The molecule has 2 rings (SSSR count). The monoisotopic (exact) mass is 259 g/mol. The Kier molecular flexibility index (Phi) is 4.14. The second-order valence-corrected chi connectivity index (χ2v) is 4.60. The van der Waals surface area contributed by atoms with E-state index in [0.29, 0.717) is 0 Å². The summed E-state index contributed by atoms with van der Waals surface area (Å²) in [7, 11) is 1.98. The molecule has 0 spiro atoms. The fourth-order valence-corrected chi connectivity index (χ4v) is 1.95. The van der Waals surface area contributed by atoms with Crippen LogP contribution in [0, 0.1) is 6.92 Å². The van der Waals surface area contributed by atoms with E-state index in [0.717, 1.165) is 48.1 Å². The van der Waals surface area contributed by atoms with Crippen LogP contribution in [0.25, 0.3) is 11.5 Å². The zero-order valence-electron chi connectivity index (χ0n) is 12.1. The summed E-state index contributed by atoms with van der Waals surface area (Å²) in [5.74, 6) is 2.66. The molecule has 0 aromatic carbocycles. The summed E-state index contributed by atoms with van der Waals surface area (Å²) in [4.78, 5) is 13.6. The van der Waals surface area contributed by atoms with E-state index < -0.39 is 0 Å². The van der Waals surface area contributed by atoms with Crippen molar-refractivity contribution in [1.82, 2.24) is 19.5 Å². The average molecular weight is 259 g/mol. The highest BCUT2D eigenvalue weighted by Crippen LogP contribution is 2.24. The molecule has 0 aliphatic rings. The molecule has 5 nitrogen and oxygen atoms in total. The van der Waals surface area contributed by atoms with Crippen molar-refractivity contribution in [3.63, 3.8) is 0 Å². The standard InChI is InChI=1S/C14H21N5/c1-5-7-15-13-10(3)12(17-11(6-2)18-13)14-16-8-9-19(14)4/h8-9H,5-7H2,1-4H3,(H,15,17,18). The molecule has 5 heteroatoms. The molecule has 0 unspecified atom stereocenters. The van der Waals surface area contributed by atoms with Gasteiger partial charge >= 0.3 is 0 Å². The molecule has 2 aromatic rings. The maximum atomic E-state index is 4.63. The van der Waals surface area contributed by atoms with Gasteiger partial charge in [-0.2, -0.15) is 0 Å². The van der Waals surface area contributed by atoms with Crippen molar-refractivity contribution in [3.05, 3.63) is 23.8 Å². The molecule has 0 fully saturated rings. The van der Waals surface area contributed by atoms with Crippen LogP contribution in [0.15, 0.2) is 12.4 Å². The second-order valence-electron chi connectivity index (χ2n) is 4.60. The summed E-state index contributed by atoms with van der Waals surface area (Å²) in [5, 5.41) is 3.37.